The molecule has 0 spiro atoms. The second kappa shape index (κ2) is 5.61. The molecular weight excluding hydrogens is 188 g/mol. The van der Waals surface area contributed by atoms with Gasteiger partial charge >= 0.3 is 0 Å². The monoisotopic (exact) mass is 208 g/mol. The quantitative estimate of drug-likeness (QED) is 0.650. The lowest BCUT2D eigenvalue weighted by atomic mass is 10.1. The van der Waals surface area contributed by atoms with Crippen molar-refractivity contribution in [2.24, 2.45) is 0 Å². The SMILES string of the molecule is CCC(O)CCNc1cc(C)ccc1N. The zero-order chi connectivity index (χ0) is 11.3. The Balaban J connectivity index is 2.46. The Morgan fingerprint density at radius 3 is 2.87 bits per heavy atom. The van der Waals surface area contributed by atoms with Crippen molar-refractivity contribution in [3.8, 4) is 0 Å². The molecular formula is C12H20N2O. The van der Waals surface area contributed by atoms with Gasteiger partial charge in [-0.25, -0.2) is 0 Å². The lowest BCUT2D eigenvalue weighted by molar-refractivity contribution is 0.164. The van der Waals surface area contributed by atoms with E-state index in [0.717, 1.165) is 30.8 Å². The molecule has 0 fully saturated rings. The fourth-order valence-corrected chi connectivity index (χ4v) is 1.40. The highest BCUT2D eigenvalue weighted by atomic mass is 16.3. The highest BCUT2D eigenvalue weighted by Gasteiger charge is 2.02. The molecule has 0 saturated carbocycles. The molecule has 0 saturated heterocycles. The number of rotatable bonds is 5. The molecule has 0 heterocycles. The third kappa shape index (κ3) is 3.80. The van der Waals surface area contributed by atoms with Crippen LogP contribution < -0.4 is 11.1 Å². The summed E-state index contributed by atoms with van der Waals surface area (Å²) in [6.45, 7) is 4.76. The summed E-state index contributed by atoms with van der Waals surface area (Å²) in [6.07, 6.45) is 1.33. The molecule has 4 N–H and O–H groups in total. The Bertz CT molecular complexity index is 312. The Morgan fingerprint density at radius 1 is 1.47 bits per heavy atom. The van der Waals surface area contributed by atoms with Gasteiger partial charge in [-0.1, -0.05) is 13.0 Å². The van der Waals surface area contributed by atoms with Gasteiger partial charge in [0.05, 0.1) is 17.5 Å². The first kappa shape index (κ1) is 11.9. The zero-order valence-electron chi connectivity index (χ0n) is 9.46. The molecule has 1 aromatic carbocycles. The van der Waals surface area contributed by atoms with Crippen molar-refractivity contribution in [1.29, 1.82) is 0 Å². The van der Waals surface area contributed by atoms with E-state index in [1.54, 1.807) is 0 Å². The van der Waals surface area contributed by atoms with Crippen LogP contribution in [0.25, 0.3) is 0 Å². The molecule has 1 atom stereocenters. The minimum atomic E-state index is -0.219. The molecule has 0 aliphatic carbocycles. The largest absolute Gasteiger partial charge is 0.397 e. The Hall–Kier alpha value is -1.22. The fourth-order valence-electron chi connectivity index (χ4n) is 1.40. The van der Waals surface area contributed by atoms with E-state index in [1.807, 2.05) is 32.0 Å². The van der Waals surface area contributed by atoms with Crippen LogP contribution in [0.2, 0.25) is 0 Å². The molecule has 0 radical (unpaired) electrons. The second-order valence-electron chi connectivity index (χ2n) is 3.87. The number of nitrogens with two attached hydrogens (primary N) is 1. The standard InChI is InChI=1S/C12H20N2O/c1-3-10(15)6-7-14-12-8-9(2)4-5-11(12)13/h4-5,8,10,14-15H,3,6-7,13H2,1-2H3. The van der Waals surface area contributed by atoms with Crippen LogP contribution in [0, 0.1) is 6.92 Å². The topological polar surface area (TPSA) is 58.3 Å². The average Bonchev–Trinajstić information content (AvgIpc) is 2.23. The highest BCUT2D eigenvalue weighted by molar-refractivity contribution is 5.66. The summed E-state index contributed by atoms with van der Waals surface area (Å²) in [5.74, 6) is 0. The Labute approximate surface area is 91.3 Å². The average molecular weight is 208 g/mol. The van der Waals surface area contributed by atoms with Crippen LogP contribution in [0.3, 0.4) is 0 Å². The number of benzene rings is 1. The van der Waals surface area contributed by atoms with Gasteiger partial charge < -0.3 is 16.2 Å². The van der Waals surface area contributed by atoms with Crippen LogP contribution in [0.1, 0.15) is 25.3 Å². The molecule has 0 aromatic heterocycles. The normalized spacial score (nSPS) is 12.5. The third-order valence-corrected chi connectivity index (χ3v) is 2.47. The molecule has 15 heavy (non-hydrogen) atoms. The number of aryl methyl sites for hydroxylation is 1. The maximum Gasteiger partial charge on any atom is 0.0576 e. The molecule has 3 nitrogen and oxygen atoms in total. The summed E-state index contributed by atoms with van der Waals surface area (Å²) in [4.78, 5) is 0. The highest BCUT2D eigenvalue weighted by Crippen LogP contribution is 2.19. The summed E-state index contributed by atoms with van der Waals surface area (Å²) >= 11 is 0. The van der Waals surface area contributed by atoms with Crippen molar-refractivity contribution in [3.05, 3.63) is 23.8 Å². The lowest BCUT2D eigenvalue weighted by Crippen LogP contribution is -2.13. The molecule has 1 unspecified atom stereocenters. The Kier molecular flexibility index (Phi) is 4.43. The van der Waals surface area contributed by atoms with Gasteiger partial charge in [0.1, 0.15) is 0 Å². The summed E-state index contributed by atoms with van der Waals surface area (Å²) in [5, 5.41) is 12.6. The second-order valence-corrected chi connectivity index (χ2v) is 3.87. The molecule has 1 aromatic rings. The van der Waals surface area contributed by atoms with Crippen molar-refractivity contribution in [2.75, 3.05) is 17.6 Å². The van der Waals surface area contributed by atoms with Crippen LogP contribution in [-0.4, -0.2) is 17.8 Å². The van der Waals surface area contributed by atoms with E-state index >= 15 is 0 Å². The molecule has 0 amide bonds. The molecule has 0 aliphatic rings. The van der Waals surface area contributed by atoms with Crippen molar-refractivity contribution < 1.29 is 5.11 Å². The number of hydrogen-bond donors (Lipinski definition) is 3. The number of hydrogen-bond acceptors (Lipinski definition) is 3. The fraction of sp³-hybridized carbons (Fsp3) is 0.500. The Morgan fingerprint density at radius 2 is 2.20 bits per heavy atom. The van der Waals surface area contributed by atoms with Gasteiger partial charge in [-0.15, -0.1) is 0 Å². The molecule has 84 valence electrons. The molecule has 3 heteroatoms. The minimum absolute atomic E-state index is 0.219. The first-order valence-electron chi connectivity index (χ1n) is 5.41. The van der Waals surface area contributed by atoms with E-state index in [9.17, 15) is 5.11 Å². The van der Waals surface area contributed by atoms with Crippen molar-refractivity contribution in [2.45, 2.75) is 32.8 Å². The minimum Gasteiger partial charge on any atom is -0.397 e. The van der Waals surface area contributed by atoms with Gasteiger partial charge in [0.2, 0.25) is 0 Å². The van der Waals surface area contributed by atoms with Crippen LogP contribution in [0.5, 0.6) is 0 Å². The summed E-state index contributed by atoms with van der Waals surface area (Å²) < 4.78 is 0. The van der Waals surface area contributed by atoms with Crippen LogP contribution in [0.4, 0.5) is 11.4 Å². The van der Waals surface area contributed by atoms with E-state index in [1.165, 1.54) is 5.56 Å². The van der Waals surface area contributed by atoms with Gasteiger partial charge in [-0.05, 0) is 37.5 Å². The number of aliphatic hydroxyl groups excluding tert-OH is 1. The third-order valence-electron chi connectivity index (χ3n) is 2.47. The molecule has 0 bridgehead atoms. The van der Waals surface area contributed by atoms with E-state index in [2.05, 4.69) is 5.32 Å². The first-order chi connectivity index (χ1) is 7.13. The summed E-state index contributed by atoms with van der Waals surface area (Å²) in [5.41, 5.74) is 8.71. The number of nitrogens with one attached hydrogen (secondary N) is 1. The van der Waals surface area contributed by atoms with Crippen LogP contribution >= 0.6 is 0 Å². The predicted molar refractivity (Wildman–Crippen MR) is 65.0 cm³/mol. The van der Waals surface area contributed by atoms with Gasteiger partial charge in [0, 0.05) is 6.54 Å². The van der Waals surface area contributed by atoms with E-state index in [-0.39, 0.29) is 6.10 Å². The summed E-state index contributed by atoms with van der Waals surface area (Å²) in [6, 6.07) is 5.91. The van der Waals surface area contributed by atoms with Crippen molar-refractivity contribution >= 4 is 11.4 Å². The molecule has 0 aliphatic heterocycles. The van der Waals surface area contributed by atoms with Gasteiger partial charge in [-0.2, -0.15) is 0 Å². The van der Waals surface area contributed by atoms with E-state index < -0.39 is 0 Å². The zero-order valence-corrected chi connectivity index (χ0v) is 9.46. The van der Waals surface area contributed by atoms with E-state index in [0.29, 0.717) is 0 Å². The number of nitrogen functional groups attached to an aromatic ring is 1. The van der Waals surface area contributed by atoms with Crippen molar-refractivity contribution in [1.82, 2.24) is 0 Å². The van der Waals surface area contributed by atoms with Gasteiger partial charge in [0.15, 0.2) is 0 Å². The van der Waals surface area contributed by atoms with Crippen molar-refractivity contribution in [3.63, 3.8) is 0 Å². The maximum absolute atomic E-state index is 9.39. The predicted octanol–water partition coefficient (Wildman–Crippen LogP) is 2.15. The maximum atomic E-state index is 9.39. The number of anilines is 2. The van der Waals surface area contributed by atoms with Crippen LogP contribution in [-0.2, 0) is 0 Å². The molecule has 1 rings (SSSR count). The van der Waals surface area contributed by atoms with Crippen LogP contribution in [0.15, 0.2) is 18.2 Å². The first-order valence-corrected chi connectivity index (χ1v) is 5.41. The van der Waals surface area contributed by atoms with E-state index in [4.69, 9.17) is 5.73 Å². The van der Waals surface area contributed by atoms with Gasteiger partial charge in [0.25, 0.3) is 0 Å². The number of aliphatic hydroxyl groups is 1. The summed E-state index contributed by atoms with van der Waals surface area (Å²) in [7, 11) is 0. The smallest absolute Gasteiger partial charge is 0.0576 e. The van der Waals surface area contributed by atoms with Gasteiger partial charge in [-0.3, -0.25) is 0 Å². The lowest BCUT2D eigenvalue weighted by Gasteiger charge is -2.12.